The third-order valence-corrected chi connectivity index (χ3v) is 3.58. The molecule has 2 heteroatoms. The average molecular weight is 240 g/mol. The van der Waals surface area contributed by atoms with Crippen LogP contribution in [0, 0.1) is 0 Å². The molecule has 0 saturated carbocycles. The molecule has 0 unspecified atom stereocenters. The summed E-state index contributed by atoms with van der Waals surface area (Å²) >= 11 is 0. The van der Waals surface area contributed by atoms with Crippen molar-refractivity contribution in [1.29, 1.82) is 0 Å². The monoisotopic (exact) mass is 240 g/mol. The molecule has 0 heterocycles. The highest BCUT2D eigenvalue weighted by molar-refractivity contribution is 5.79. The van der Waals surface area contributed by atoms with Crippen molar-refractivity contribution in [3.8, 4) is 16.9 Å². The zero-order valence-electron chi connectivity index (χ0n) is 10.6. The summed E-state index contributed by atoms with van der Waals surface area (Å²) in [5.74, 6) is 0.175. The van der Waals surface area contributed by atoms with Gasteiger partial charge in [-0.15, -0.1) is 0 Å². The maximum absolute atomic E-state index is 10.3. The van der Waals surface area contributed by atoms with Crippen LogP contribution in [0.2, 0.25) is 0 Å². The Bertz CT molecular complexity index is 621. The molecule has 0 aromatic heterocycles. The fourth-order valence-electron chi connectivity index (χ4n) is 2.88. The van der Waals surface area contributed by atoms with Crippen molar-refractivity contribution in [2.75, 3.05) is 0 Å². The summed E-state index contributed by atoms with van der Waals surface area (Å²) in [6.45, 7) is 3.43. The Morgan fingerprint density at radius 2 is 1.72 bits per heavy atom. The van der Waals surface area contributed by atoms with E-state index in [1.165, 1.54) is 11.1 Å². The van der Waals surface area contributed by atoms with Crippen LogP contribution < -0.4 is 0 Å². The smallest absolute Gasteiger partial charge is 0.121 e. The zero-order valence-corrected chi connectivity index (χ0v) is 10.6. The first kappa shape index (κ1) is 11.3. The van der Waals surface area contributed by atoms with Gasteiger partial charge in [-0.2, -0.15) is 0 Å². The standard InChI is InChI=1S/C16H16O2/c1-16(2,18)15-13-9-10-5-3-4-6-11(10)12(13)7-8-14(15)17/h3-8,17-18H,9H2,1-2H3. The summed E-state index contributed by atoms with van der Waals surface area (Å²) < 4.78 is 0. The number of rotatable bonds is 1. The van der Waals surface area contributed by atoms with E-state index >= 15 is 0 Å². The van der Waals surface area contributed by atoms with E-state index < -0.39 is 5.60 Å². The minimum absolute atomic E-state index is 0.175. The Morgan fingerprint density at radius 1 is 1.00 bits per heavy atom. The van der Waals surface area contributed by atoms with Crippen molar-refractivity contribution in [1.82, 2.24) is 0 Å². The van der Waals surface area contributed by atoms with Crippen LogP contribution in [0.4, 0.5) is 0 Å². The van der Waals surface area contributed by atoms with E-state index in [1.807, 2.05) is 18.2 Å². The van der Waals surface area contributed by atoms with E-state index in [0.29, 0.717) is 5.56 Å². The number of benzene rings is 2. The summed E-state index contributed by atoms with van der Waals surface area (Å²) in [5, 5.41) is 20.3. The SMILES string of the molecule is CC(C)(O)c1c(O)ccc2c1Cc1ccccc1-2. The van der Waals surface area contributed by atoms with Gasteiger partial charge in [0.05, 0.1) is 5.60 Å². The second-order valence-electron chi connectivity index (χ2n) is 5.38. The molecule has 2 aromatic rings. The van der Waals surface area contributed by atoms with E-state index in [-0.39, 0.29) is 5.75 Å². The molecule has 0 aliphatic heterocycles. The number of hydrogen-bond acceptors (Lipinski definition) is 2. The van der Waals surface area contributed by atoms with E-state index in [0.717, 1.165) is 17.5 Å². The third-order valence-electron chi connectivity index (χ3n) is 3.58. The van der Waals surface area contributed by atoms with Gasteiger partial charge in [-0.3, -0.25) is 0 Å². The van der Waals surface area contributed by atoms with Crippen LogP contribution in [-0.4, -0.2) is 10.2 Å². The normalized spacial score (nSPS) is 13.3. The van der Waals surface area contributed by atoms with Crippen molar-refractivity contribution >= 4 is 0 Å². The average Bonchev–Trinajstić information content (AvgIpc) is 2.64. The number of phenolic OH excluding ortho intramolecular Hbond substituents is 1. The lowest BCUT2D eigenvalue weighted by atomic mass is 9.89. The van der Waals surface area contributed by atoms with Crippen LogP contribution in [0.15, 0.2) is 36.4 Å². The molecule has 0 saturated heterocycles. The van der Waals surface area contributed by atoms with Gasteiger partial charge in [0.1, 0.15) is 5.75 Å². The molecular formula is C16H16O2. The molecule has 1 aliphatic carbocycles. The Hall–Kier alpha value is -1.80. The quantitative estimate of drug-likeness (QED) is 0.685. The van der Waals surface area contributed by atoms with E-state index in [9.17, 15) is 10.2 Å². The van der Waals surface area contributed by atoms with Gasteiger partial charge in [-0.25, -0.2) is 0 Å². The van der Waals surface area contributed by atoms with Crippen LogP contribution >= 0.6 is 0 Å². The number of fused-ring (bicyclic) bond motifs is 3. The molecule has 0 fully saturated rings. The highest BCUT2D eigenvalue weighted by atomic mass is 16.3. The van der Waals surface area contributed by atoms with Gasteiger partial charge >= 0.3 is 0 Å². The Balaban J connectivity index is 2.29. The first-order chi connectivity index (χ1) is 8.48. The second-order valence-corrected chi connectivity index (χ2v) is 5.38. The minimum atomic E-state index is -1.03. The number of hydrogen-bond donors (Lipinski definition) is 2. The van der Waals surface area contributed by atoms with Crippen molar-refractivity contribution in [2.45, 2.75) is 25.9 Å². The van der Waals surface area contributed by atoms with Crippen molar-refractivity contribution in [3.63, 3.8) is 0 Å². The minimum Gasteiger partial charge on any atom is -0.508 e. The zero-order chi connectivity index (χ0) is 12.9. The second kappa shape index (κ2) is 3.59. The van der Waals surface area contributed by atoms with Crippen molar-refractivity contribution in [2.24, 2.45) is 0 Å². The maximum atomic E-state index is 10.3. The fourth-order valence-corrected chi connectivity index (χ4v) is 2.88. The first-order valence-electron chi connectivity index (χ1n) is 6.14. The molecule has 2 N–H and O–H groups in total. The van der Waals surface area contributed by atoms with E-state index in [1.54, 1.807) is 19.9 Å². The number of aliphatic hydroxyl groups is 1. The third kappa shape index (κ3) is 1.53. The molecule has 18 heavy (non-hydrogen) atoms. The van der Waals surface area contributed by atoms with Gasteiger partial charge in [0, 0.05) is 5.56 Å². The molecule has 2 aromatic carbocycles. The lowest BCUT2D eigenvalue weighted by Gasteiger charge is -2.22. The van der Waals surface area contributed by atoms with Gasteiger partial charge in [0.25, 0.3) is 0 Å². The Kier molecular flexibility index (Phi) is 2.26. The fraction of sp³-hybridized carbons (Fsp3) is 0.250. The van der Waals surface area contributed by atoms with Gasteiger partial charge in [-0.1, -0.05) is 30.3 Å². The molecule has 0 bridgehead atoms. The van der Waals surface area contributed by atoms with Gasteiger partial charge < -0.3 is 10.2 Å². The van der Waals surface area contributed by atoms with Crippen LogP contribution in [0.3, 0.4) is 0 Å². The van der Waals surface area contributed by atoms with Crippen LogP contribution in [0.25, 0.3) is 11.1 Å². The summed E-state index contributed by atoms with van der Waals surface area (Å²) in [7, 11) is 0. The molecule has 1 aliphatic rings. The lowest BCUT2D eigenvalue weighted by Crippen LogP contribution is -2.18. The van der Waals surface area contributed by atoms with Gasteiger partial charge in [-0.05, 0) is 48.6 Å². The molecule has 0 radical (unpaired) electrons. The number of phenols is 1. The highest BCUT2D eigenvalue weighted by Gasteiger charge is 2.29. The highest BCUT2D eigenvalue weighted by Crippen LogP contribution is 2.44. The Labute approximate surface area is 107 Å². The van der Waals surface area contributed by atoms with Crippen molar-refractivity contribution in [3.05, 3.63) is 53.1 Å². The molecular weight excluding hydrogens is 224 g/mol. The van der Waals surface area contributed by atoms with Crippen molar-refractivity contribution < 1.29 is 10.2 Å². The van der Waals surface area contributed by atoms with Gasteiger partial charge in [0.2, 0.25) is 0 Å². The van der Waals surface area contributed by atoms with E-state index in [4.69, 9.17) is 0 Å². The molecule has 0 spiro atoms. The molecule has 3 rings (SSSR count). The molecule has 0 amide bonds. The largest absolute Gasteiger partial charge is 0.508 e. The van der Waals surface area contributed by atoms with Crippen LogP contribution in [0.5, 0.6) is 5.75 Å². The molecule has 92 valence electrons. The summed E-state index contributed by atoms with van der Waals surface area (Å²) in [6, 6.07) is 11.8. The van der Waals surface area contributed by atoms with E-state index in [2.05, 4.69) is 12.1 Å². The topological polar surface area (TPSA) is 40.5 Å². The summed E-state index contributed by atoms with van der Waals surface area (Å²) in [6.07, 6.45) is 0.777. The van der Waals surface area contributed by atoms with Gasteiger partial charge in [0.15, 0.2) is 0 Å². The van der Waals surface area contributed by atoms with Crippen LogP contribution in [-0.2, 0) is 12.0 Å². The Morgan fingerprint density at radius 3 is 2.44 bits per heavy atom. The predicted octanol–water partition coefficient (Wildman–Crippen LogP) is 3.19. The summed E-state index contributed by atoms with van der Waals surface area (Å²) in [4.78, 5) is 0. The summed E-state index contributed by atoms with van der Waals surface area (Å²) in [5.41, 5.74) is 4.25. The molecule has 2 nitrogen and oxygen atoms in total. The molecule has 0 atom stereocenters. The van der Waals surface area contributed by atoms with Crippen LogP contribution in [0.1, 0.15) is 30.5 Å². The predicted molar refractivity (Wildman–Crippen MR) is 71.6 cm³/mol. The number of aromatic hydroxyl groups is 1. The lowest BCUT2D eigenvalue weighted by molar-refractivity contribution is 0.0750. The first-order valence-corrected chi connectivity index (χ1v) is 6.14. The maximum Gasteiger partial charge on any atom is 0.121 e.